The van der Waals surface area contributed by atoms with Crippen molar-refractivity contribution in [1.82, 2.24) is 5.32 Å². The third kappa shape index (κ3) is 5.13. The Hall–Kier alpha value is -1.75. The molecular weight excluding hydrogens is 349 g/mol. The van der Waals surface area contributed by atoms with E-state index in [2.05, 4.69) is 5.32 Å². The average molecular weight is 368 g/mol. The van der Waals surface area contributed by atoms with Gasteiger partial charge in [0, 0.05) is 18.0 Å². The molecule has 24 heavy (non-hydrogen) atoms. The molecule has 0 aromatic heterocycles. The number of aliphatic hydroxyl groups is 1. The van der Waals surface area contributed by atoms with Gasteiger partial charge in [-0.1, -0.05) is 35.3 Å². The van der Waals surface area contributed by atoms with E-state index < -0.39 is 5.60 Å². The second-order valence-corrected chi connectivity index (χ2v) is 6.67. The number of hydrogen-bond donors (Lipinski definition) is 2. The molecule has 2 aromatic carbocycles. The normalized spacial score (nSPS) is 13.2. The van der Waals surface area contributed by atoms with E-state index in [1.54, 1.807) is 26.2 Å². The van der Waals surface area contributed by atoms with Gasteiger partial charge in [0.15, 0.2) is 0 Å². The number of hydrogen-bond acceptors (Lipinski definition) is 3. The molecule has 0 spiro atoms. The maximum absolute atomic E-state index is 12.2. The third-order valence-corrected chi connectivity index (χ3v) is 4.10. The van der Waals surface area contributed by atoms with Crippen LogP contribution < -0.4 is 10.1 Å². The fourth-order valence-corrected chi connectivity index (χ4v) is 2.78. The number of amides is 1. The molecule has 0 bridgehead atoms. The Labute approximate surface area is 151 Å². The van der Waals surface area contributed by atoms with Crippen LogP contribution >= 0.6 is 23.2 Å². The highest BCUT2D eigenvalue weighted by Gasteiger charge is 2.23. The van der Waals surface area contributed by atoms with Crippen LogP contribution in [0.5, 0.6) is 5.75 Å². The van der Waals surface area contributed by atoms with Crippen molar-refractivity contribution in [2.45, 2.75) is 18.9 Å². The van der Waals surface area contributed by atoms with E-state index in [4.69, 9.17) is 27.9 Å². The zero-order valence-corrected chi connectivity index (χ0v) is 15.0. The first-order chi connectivity index (χ1) is 11.3. The van der Waals surface area contributed by atoms with Crippen molar-refractivity contribution in [3.63, 3.8) is 0 Å². The molecule has 6 heteroatoms. The van der Waals surface area contributed by atoms with Crippen molar-refractivity contribution in [3.05, 3.63) is 63.6 Å². The van der Waals surface area contributed by atoms with Crippen molar-refractivity contribution < 1.29 is 14.6 Å². The lowest BCUT2D eigenvalue weighted by Crippen LogP contribution is -2.42. The number of carbonyl (C=O) groups is 1. The average Bonchev–Trinajstić information content (AvgIpc) is 2.53. The topological polar surface area (TPSA) is 58.6 Å². The van der Waals surface area contributed by atoms with Crippen LogP contribution in [0.4, 0.5) is 0 Å². The van der Waals surface area contributed by atoms with Crippen molar-refractivity contribution in [3.8, 4) is 5.75 Å². The monoisotopic (exact) mass is 367 g/mol. The second-order valence-electron chi connectivity index (χ2n) is 5.83. The van der Waals surface area contributed by atoms with E-state index in [1.165, 1.54) is 6.07 Å². The summed E-state index contributed by atoms with van der Waals surface area (Å²) < 4.78 is 5.11. The first kappa shape index (κ1) is 18.6. The highest BCUT2D eigenvalue weighted by atomic mass is 35.5. The Balaban J connectivity index is 1.96. The maximum Gasteiger partial charge on any atom is 0.252 e. The highest BCUT2D eigenvalue weighted by Crippen LogP contribution is 2.21. The molecule has 0 aliphatic heterocycles. The summed E-state index contributed by atoms with van der Waals surface area (Å²) in [6.07, 6.45) is 0.394. The van der Waals surface area contributed by atoms with Crippen LogP contribution in [0, 0.1) is 0 Å². The van der Waals surface area contributed by atoms with Crippen LogP contribution in [0.25, 0.3) is 0 Å². The largest absolute Gasteiger partial charge is 0.497 e. The number of benzene rings is 2. The minimum absolute atomic E-state index is 0.0941. The van der Waals surface area contributed by atoms with E-state index in [1.807, 2.05) is 24.3 Å². The van der Waals surface area contributed by atoms with E-state index in [0.717, 1.165) is 11.3 Å². The van der Waals surface area contributed by atoms with Gasteiger partial charge in [-0.3, -0.25) is 4.79 Å². The predicted octanol–water partition coefficient (Wildman–Crippen LogP) is 3.73. The molecule has 0 fully saturated rings. The summed E-state index contributed by atoms with van der Waals surface area (Å²) in [6.45, 7) is 1.76. The lowest BCUT2D eigenvalue weighted by molar-refractivity contribution is 0.0552. The quantitative estimate of drug-likeness (QED) is 0.817. The molecule has 2 aromatic rings. The van der Waals surface area contributed by atoms with Gasteiger partial charge in [-0.25, -0.2) is 0 Å². The zero-order chi connectivity index (χ0) is 17.7. The molecule has 1 amide bonds. The molecule has 0 aliphatic rings. The fraction of sp³-hybridized carbons (Fsp3) is 0.278. The SMILES string of the molecule is COc1ccc(CC(C)(O)CNC(=O)c2ccc(Cl)cc2Cl)cc1. The summed E-state index contributed by atoms with van der Waals surface area (Å²) in [4.78, 5) is 12.2. The molecule has 0 radical (unpaired) electrons. The summed E-state index contributed by atoms with van der Waals surface area (Å²) in [7, 11) is 1.60. The number of carbonyl (C=O) groups excluding carboxylic acids is 1. The van der Waals surface area contributed by atoms with Crippen molar-refractivity contribution in [2.75, 3.05) is 13.7 Å². The van der Waals surface area contributed by atoms with Gasteiger partial charge in [0.2, 0.25) is 0 Å². The minimum Gasteiger partial charge on any atom is -0.497 e. The molecular formula is C18H19Cl2NO3. The summed E-state index contributed by atoms with van der Waals surface area (Å²) in [5, 5.41) is 13.9. The first-order valence-electron chi connectivity index (χ1n) is 7.39. The van der Waals surface area contributed by atoms with E-state index in [9.17, 15) is 9.90 Å². The summed E-state index contributed by atoms with van der Waals surface area (Å²) in [5.41, 5.74) is 0.171. The summed E-state index contributed by atoms with van der Waals surface area (Å²) in [5.74, 6) is 0.399. The smallest absolute Gasteiger partial charge is 0.252 e. The van der Waals surface area contributed by atoms with Gasteiger partial charge in [-0.05, 0) is 42.8 Å². The Morgan fingerprint density at radius 3 is 2.46 bits per heavy atom. The molecule has 0 saturated heterocycles. The van der Waals surface area contributed by atoms with Gasteiger partial charge in [0.1, 0.15) is 5.75 Å². The Morgan fingerprint density at radius 2 is 1.88 bits per heavy atom. The van der Waals surface area contributed by atoms with Gasteiger partial charge in [-0.2, -0.15) is 0 Å². The predicted molar refractivity (Wildman–Crippen MR) is 96.1 cm³/mol. The Kier molecular flexibility index (Phi) is 6.10. The molecule has 2 rings (SSSR count). The number of halogens is 2. The molecule has 0 heterocycles. The number of methoxy groups -OCH3 is 1. The van der Waals surface area contributed by atoms with E-state index in [0.29, 0.717) is 17.0 Å². The second kappa shape index (κ2) is 7.88. The molecule has 4 nitrogen and oxygen atoms in total. The van der Waals surface area contributed by atoms with Crippen LogP contribution in [0.15, 0.2) is 42.5 Å². The Morgan fingerprint density at radius 1 is 1.21 bits per heavy atom. The van der Waals surface area contributed by atoms with Crippen LogP contribution in [0.2, 0.25) is 10.0 Å². The number of ether oxygens (including phenoxy) is 1. The molecule has 1 unspecified atom stereocenters. The van der Waals surface area contributed by atoms with Crippen molar-refractivity contribution >= 4 is 29.1 Å². The molecule has 0 saturated carbocycles. The molecule has 1 atom stereocenters. The summed E-state index contributed by atoms with van der Waals surface area (Å²) in [6, 6.07) is 12.1. The lowest BCUT2D eigenvalue weighted by Gasteiger charge is -2.24. The zero-order valence-electron chi connectivity index (χ0n) is 13.5. The van der Waals surface area contributed by atoms with Gasteiger partial charge in [0.05, 0.1) is 23.3 Å². The van der Waals surface area contributed by atoms with Crippen molar-refractivity contribution in [1.29, 1.82) is 0 Å². The van der Waals surface area contributed by atoms with Crippen LogP contribution in [0.1, 0.15) is 22.8 Å². The van der Waals surface area contributed by atoms with Crippen LogP contribution in [0.3, 0.4) is 0 Å². The number of nitrogens with one attached hydrogen (secondary N) is 1. The van der Waals surface area contributed by atoms with Crippen LogP contribution in [-0.2, 0) is 6.42 Å². The fourth-order valence-electron chi connectivity index (χ4n) is 2.29. The van der Waals surface area contributed by atoms with Crippen LogP contribution in [-0.4, -0.2) is 30.3 Å². The lowest BCUT2D eigenvalue weighted by atomic mass is 9.96. The first-order valence-corrected chi connectivity index (χ1v) is 8.15. The highest BCUT2D eigenvalue weighted by molar-refractivity contribution is 6.36. The minimum atomic E-state index is -1.09. The van der Waals surface area contributed by atoms with Gasteiger partial charge >= 0.3 is 0 Å². The van der Waals surface area contributed by atoms with Gasteiger partial charge in [-0.15, -0.1) is 0 Å². The maximum atomic E-state index is 12.2. The third-order valence-electron chi connectivity index (χ3n) is 3.55. The standard InChI is InChI=1S/C18H19Cl2NO3/c1-18(23,10-12-3-6-14(24-2)7-4-12)11-21-17(22)15-8-5-13(19)9-16(15)20/h3-9,23H,10-11H2,1-2H3,(H,21,22). The molecule has 0 aliphatic carbocycles. The molecule has 2 N–H and O–H groups in total. The van der Waals surface area contributed by atoms with E-state index >= 15 is 0 Å². The summed E-state index contributed by atoms with van der Waals surface area (Å²) >= 11 is 11.8. The molecule has 128 valence electrons. The van der Waals surface area contributed by atoms with Gasteiger partial charge < -0.3 is 15.2 Å². The van der Waals surface area contributed by atoms with E-state index in [-0.39, 0.29) is 17.5 Å². The Bertz CT molecular complexity index is 715. The number of rotatable bonds is 6. The van der Waals surface area contributed by atoms with Gasteiger partial charge in [0.25, 0.3) is 5.91 Å². The van der Waals surface area contributed by atoms with Crippen molar-refractivity contribution in [2.24, 2.45) is 0 Å².